The van der Waals surface area contributed by atoms with Gasteiger partial charge in [0, 0.05) is 0 Å². The molecule has 0 amide bonds. The van der Waals surface area contributed by atoms with E-state index in [1.807, 2.05) is 0 Å². The Balaban J connectivity index is 1.94. The van der Waals surface area contributed by atoms with Crippen LogP contribution in [0.25, 0.3) is 0 Å². The van der Waals surface area contributed by atoms with Crippen LogP contribution in [-0.2, 0) is 11.4 Å². The Kier molecular flexibility index (Phi) is 4.64. The van der Waals surface area contributed by atoms with Gasteiger partial charge < -0.3 is 0 Å². The van der Waals surface area contributed by atoms with Crippen molar-refractivity contribution in [2.45, 2.75) is 59.0 Å². The molecule has 2 nitrogen and oxygen atoms in total. The van der Waals surface area contributed by atoms with Gasteiger partial charge in [0.15, 0.2) is 0 Å². The van der Waals surface area contributed by atoms with E-state index in [0.717, 1.165) is 17.4 Å². The topological polar surface area (TPSA) is 35.2 Å². The molecule has 1 aliphatic carbocycles. The minimum atomic E-state index is 0.466. The molecule has 1 saturated carbocycles. The Bertz CT molecular complexity index is 383. The molecule has 0 unspecified atom stereocenters. The molecule has 106 valence electrons. The predicted molar refractivity (Wildman–Crippen MR) is 79.6 cm³/mol. The molecule has 2 N–H and O–H groups in total. The van der Waals surface area contributed by atoms with Crippen LogP contribution < -0.4 is 5.90 Å². The Labute approximate surface area is 117 Å². The van der Waals surface area contributed by atoms with Crippen molar-refractivity contribution in [1.29, 1.82) is 0 Å². The first-order chi connectivity index (χ1) is 9.00. The van der Waals surface area contributed by atoms with Crippen LogP contribution in [0.15, 0.2) is 24.3 Å². The highest BCUT2D eigenvalue weighted by molar-refractivity contribution is 5.25. The normalized spacial score (nSPS) is 24.4. The van der Waals surface area contributed by atoms with E-state index >= 15 is 0 Å². The van der Waals surface area contributed by atoms with Gasteiger partial charge in [0.2, 0.25) is 0 Å². The van der Waals surface area contributed by atoms with Crippen molar-refractivity contribution in [2.75, 3.05) is 0 Å². The summed E-state index contributed by atoms with van der Waals surface area (Å²) in [5.41, 5.74) is 3.09. The van der Waals surface area contributed by atoms with Crippen molar-refractivity contribution < 1.29 is 4.84 Å². The van der Waals surface area contributed by atoms with Gasteiger partial charge in [-0.05, 0) is 54.1 Å². The molecule has 0 radical (unpaired) electrons. The molecular formula is C17H27NO. The quantitative estimate of drug-likeness (QED) is 0.819. The van der Waals surface area contributed by atoms with Crippen LogP contribution in [0.3, 0.4) is 0 Å². The lowest BCUT2D eigenvalue weighted by Gasteiger charge is -2.37. The molecule has 2 heteroatoms. The second-order valence-corrected chi connectivity index (χ2v) is 6.97. The van der Waals surface area contributed by atoms with Gasteiger partial charge in [-0.1, -0.05) is 45.0 Å². The maximum Gasteiger partial charge on any atom is 0.0930 e. The molecule has 0 atom stereocenters. The fourth-order valence-electron chi connectivity index (χ4n) is 3.28. The Morgan fingerprint density at radius 3 is 2.11 bits per heavy atom. The maximum absolute atomic E-state index is 5.10. The molecule has 1 aromatic carbocycles. The van der Waals surface area contributed by atoms with E-state index in [-0.39, 0.29) is 0 Å². The summed E-state index contributed by atoms with van der Waals surface area (Å²) in [6.45, 7) is 7.62. The fraction of sp³-hybridized carbons (Fsp3) is 0.647. The van der Waals surface area contributed by atoms with E-state index in [1.54, 1.807) is 0 Å². The van der Waals surface area contributed by atoms with E-state index in [1.165, 1.54) is 31.2 Å². The summed E-state index contributed by atoms with van der Waals surface area (Å²) in [4.78, 5) is 4.66. The molecule has 0 aliphatic heterocycles. The minimum Gasteiger partial charge on any atom is -0.300 e. The highest BCUT2D eigenvalue weighted by Gasteiger charge is 2.30. The summed E-state index contributed by atoms with van der Waals surface area (Å²) in [6.07, 6.45) is 5.38. The van der Waals surface area contributed by atoms with Crippen LogP contribution in [0.1, 0.15) is 63.5 Å². The van der Waals surface area contributed by atoms with Crippen LogP contribution in [0, 0.1) is 11.3 Å². The monoisotopic (exact) mass is 261 g/mol. The lowest BCUT2D eigenvalue weighted by Crippen LogP contribution is -2.25. The molecule has 0 heterocycles. The third-order valence-corrected chi connectivity index (χ3v) is 4.65. The average molecular weight is 261 g/mol. The summed E-state index contributed by atoms with van der Waals surface area (Å²) in [5.74, 6) is 6.72. The zero-order valence-corrected chi connectivity index (χ0v) is 12.5. The maximum atomic E-state index is 5.10. The lowest BCUT2D eigenvalue weighted by molar-refractivity contribution is 0.124. The molecule has 19 heavy (non-hydrogen) atoms. The largest absolute Gasteiger partial charge is 0.300 e. The predicted octanol–water partition coefficient (Wildman–Crippen LogP) is 4.40. The molecule has 2 rings (SSSR count). The second kappa shape index (κ2) is 6.06. The van der Waals surface area contributed by atoms with Crippen LogP contribution in [0.5, 0.6) is 0 Å². The van der Waals surface area contributed by atoms with E-state index in [9.17, 15) is 0 Å². The zero-order valence-electron chi connectivity index (χ0n) is 12.5. The van der Waals surface area contributed by atoms with Gasteiger partial charge in [0.1, 0.15) is 0 Å². The van der Waals surface area contributed by atoms with Crippen molar-refractivity contribution in [3.05, 3.63) is 35.4 Å². The van der Waals surface area contributed by atoms with E-state index in [4.69, 9.17) is 5.90 Å². The van der Waals surface area contributed by atoms with Crippen LogP contribution in [-0.4, -0.2) is 0 Å². The lowest BCUT2D eigenvalue weighted by atomic mass is 9.69. The third-order valence-electron chi connectivity index (χ3n) is 4.65. The van der Waals surface area contributed by atoms with E-state index < -0.39 is 0 Å². The molecule has 1 aliphatic rings. The summed E-state index contributed by atoms with van der Waals surface area (Å²) in [6, 6.07) is 8.77. The summed E-state index contributed by atoms with van der Waals surface area (Å²) in [7, 11) is 0. The summed E-state index contributed by atoms with van der Waals surface area (Å²) in [5, 5.41) is 0. The SMILES string of the molecule is CC(C)(C)C1CCC(c2ccc(CON)cc2)CC1. The highest BCUT2D eigenvalue weighted by atomic mass is 16.6. The van der Waals surface area contributed by atoms with Gasteiger partial charge in [0.25, 0.3) is 0 Å². The van der Waals surface area contributed by atoms with Gasteiger partial charge >= 0.3 is 0 Å². The molecule has 1 aromatic rings. The van der Waals surface area contributed by atoms with Gasteiger partial charge in [-0.3, -0.25) is 4.84 Å². The fourth-order valence-corrected chi connectivity index (χ4v) is 3.28. The van der Waals surface area contributed by atoms with Crippen LogP contribution >= 0.6 is 0 Å². The first kappa shape index (κ1) is 14.5. The van der Waals surface area contributed by atoms with Gasteiger partial charge in [-0.2, -0.15) is 0 Å². The molecule has 0 spiro atoms. The molecule has 0 saturated heterocycles. The van der Waals surface area contributed by atoms with Crippen LogP contribution in [0.2, 0.25) is 0 Å². The Morgan fingerprint density at radius 1 is 1.05 bits per heavy atom. The number of hydrogen-bond donors (Lipinski definition) is 1. The van der Waals surface area contributed by atoms with Crippen molar-refractivity contribution in [2.24, 2.45) is 17.2 Å². The van der Waals surface area contributed by atoms with Gasteiger partial charge in [-0.15, -0.1) is 0 Å². The van der Waals surface area contributed by atoms with E-state index in [0.29, 0.717) is 12.0 Å². The first-order valence-corrected chi connectivity index (χ1v) is 7.41. The third kappa shape index (κ3) is 3.80. The van der Waals surface area contributed by atoms with Gasteiger partial charge in [0.05, 0.1) is 6.61 Å². The Hall–Kier alpha value is -0.860. The van der Waals surface area contributed by atoms with Crippen molar-refractivity contribution in [3.63, 3.8) is 0 Å². The number of benzene rings is 1. The number of hydrogen-bond acceptors (Lipinski definition) is 2. The molecule has 1 fully saturated rings. The summed E-state index contributed by atoms with van der Waals surface area (Å²) >= 11 is 0. The first-order valence-electron chi connectivity index (χ1n) is 7.41. The summed E-state index contributed by atoms with van der Waals surface area (Å²) < 4.78 is 0. The van der Waals surface area contributed by atoms with Crippen molar-refractivity contribution in [3.8, 4) is 0 Å². The van der Waals surface area contributed by atoms with Crippen molar-refractivity contribution >= 4 is 0 Å². The number of rotatable bonds is 3. The standard InChI is InChI=1S/C17H27NO/c1-17(2,3)16-10-8-15(9-11-16)14-6-4-13(5-7-14)12-19-18/h4-7,15-16H,8-12,18H2,1-3H3. The zero-order chi connectivity index (χ0) is 13.9. The van der Waals surface area contributed by atoms with Crippen molar-refractivity contribution in [1.82, 2.24) is 0 Å². The molecular weight excluding hydrogens is 234 g/mol. The number of nitrogens with two attached hydrogens (primary N) is 1. The minimum absolute atomic E-state index is 0.466. The highest BCUT2D eigenvalue weighted by Crippen LogP contribution is 2.43. The van der Waals surface area contributed by atoms with Crippen LogP contribution in [0.4, 0.5) is 0 Å². The smallest absolute Gasteiger partial charge is 0.0930 e. The average Bonchev–Trinajstić information content (AvgIpc) is 2.39. The molecule has 0 bridgehead atoms. The van der Waals surface area contributed by atoms with Gasteiger partial charge in [-0.25, -0.2) is 5.90 Å². The van der Waals surface area contributed by atoms with E-state index in [2.05, 4.69) is 49.9 Å². The Morgan fingerprint density at radius 2 is 1.63 bits per heavy atom. The second-order valence-electron chi connectivity index (χ2n) is 6.97. The molecule has 0 aromatic heterocycles.